The van der Waals surface area contributed by atoms with E-state index in [0.717, 1.165) is 50.9 Å². The Kier molecular flexibility index (Phi) is 5.74. The van der Waals surface area contributed by atoms with Gasteiger partial charge in [-0.15, -0.1) is 0 Å². The summed E-state index contributed by atoms with van der Waals surface area (Å²) in [5.74, 6) is 0.628. The third-order valence-electron chi connectivity index (χ3n) is 5.52. The van der Waals surface area contributed by atoms with Crippen LogP contribution in [-0.4, -0.2) is 42.0 Å². The molecular formula is C20H28N2O3. The van der Waals surface area contributed by atoms with Gasteiger partial charge < -0.3 is 15.0 Å². The zero-order valence-electron chi connectivity index (χ0n) is 15.0. The van der Waals surface area contributed by atoms with Gasteiger partial charge in [0.15, 0.2) is 0 Å². The summed E-state index contributed by atoms with van der Waals surface area (Å²) in [6.45, 7) is 4.46. The first-order valence-corrected chi connectivity index (χ1v) is 9.26. The standard InChI is InChI=1S/C20H28N2O3/c1-16(23)22-10-8-20(9-11-22)14-18(7-12-25-20)13-19(24)21-15-17-5-3-2-4-6-17/h2-6,18H,7-15H2,1H3,(H,21,24). The summed E-state index contributed by atoms with van der Waals surface area (Å²) in [7, 11) is 0. The van der Waals surface area contributed by atoms with Gasteiger partial charge in [-0.2, -0.15) is 0 Å². The highest BCUT2D eigenvalue weighted by Crippen LogP contribution is 2.38. The molecule has 2 aliphatic rings. The van der Waals surface area contributed by atoms with E-state index in [4.69, 9.17) is 4.74 Å². The largest absolute Gasteiger partial charge is 0.375 e. The van der Waals surface area contributed by atoms with E-state index in [-0.39, 0.29) is 17.4 Å². The van der Waals surface area contributed by atoms with Crippen molar-refractivity contribution in [3.63, 3.8) is 0 Å². The van der Waals surface area contributed by atoms with Gasteiger partial charge in [0.1, 0.15) is 0 Å². The number of rotatable bonds is 4. The van der Waals surface area contributed by atoms with Gasteiger partial charge >= 0.3 is 0 Å². The summed E-state index contributed by atoms with van der Waals surface area (Å²) >= 11 is 0. The molecule has 0 saturated carbocycles. The van der Waals surface area contributed by atoms with Crippen LogP contribution >= 0.6 is 0 Å². The number of nitrogens with zero attached hydrogens (tertiary/aromatic N) is 1. The third-order valence-corrected chi connectivity index (χ3v) is 5.52. The topological polar surface area (TPSA) is 58.6 Å². The maximum absolute atomic E-state index is 12.3. The number of hydrogen-bond donors (Lipinski definition) is 1. The van der Waals surface area contributed by atoms with E-state index < -0.39 is 0 Å². The fourth-order valence-corrected chi connectivity index (χ4v) is 4.01. The van der Waals surface area contributed by atoms with E-state index in [2.05, 4.69) is 5.32 Å². The number of nitrogens with one attached hydrogen (secondary N) is 1. The van der Waals surface area contributed by atoms with Crippen molar-refractivity contribution in [2.24, 2.45) is 5.92 Å². The minimum atomic E-state index is -0.130. The van der Waals surface area contributed by atoms with Crippen molar-refractivity contribution in [1.82, 2.24) is 10.2 Å². The average molecular weight is 344 g/mol. The number of amides is 2. The second-order valence-corrected chi connectivity index (χ2v) is 7.36. The predicted octanol–water partition coefficient (Wildman–Crippen LogP) is 2.50. The zero-order chi connectivity index (χ0) is 17.7. The molecule has 2 amide bonds. The number of piperidine rings is 1. The molecule has 3 rings (SSSR count). The fraction of sp³-hybridized carbons (Fsp3) is 0.600. The lowest BCUT2D eigenvalue weighted by molar-refractivity contribution is -0.147. The van der Waals surface area contributed by atoms with Crippen LogP contribution in [0, 0.1) is 5.92 Å². The highest BCUT2D eigenvalue weighted by atomic mass is 16.5. The van der Waals surface area contributed by atoms with Crippen molar-refractivity contribution in [3.8, 4) is 0 Å². The number of likely N-dealkylation sites (tertiary alicyclic amines) is 1. The van der Waals surface area contributed by atoms with Crippen LogP contribution in [0.1, 0.15) is 44.6 Å². The molecule has 5 heteroatoms. The normalized spacial score (nSPS) is 22.6. The lowest BCUT2D eigenvalue weighted by atomic mass is 9.78. The summed E-state index contributed by atoms with van der Waals surface area (Å²) in [5, 5.41) is 3.03. The lowest BCUT2D eigenvalue weighted by Crippen LogP contribution is -2.50. The molecule has 2 heterocycles. The molecular weight excluding hydrogens is 316 g/mol. The molecule has 0 aliphatic carbocycles. The molecule has 1 atom stereocenters. The van der Waals surface area contributed by atoms with Crippen molar-refractivity contribution < 1.29 is 14.3 Å². The van der Waals surface area contributed by atoms with Crippen LogP contribution in [0.25, 0.3) is 0 Å². The molecule has 1 spiro atoms. The maximum atomic E-state index is 12.3. The number of benzene rings is 1. The lowest BCUT2D eigenvalue weighted by Gasteiger charge is -2.46. The van der Waals surface area contributed by atoms with Crippen molar-refractivity contribution >= 4 is 11.8 Å². The Balaban J connectivity index is 1.47. The van der Waals surface area contributed by atoms with Crippen molar-refractivity contribution in [3.05, 3.63) is 35.9 Å². The Morgan fingerprint density at radius 2 is 1.96 bits per heavy atom. The molecule has 0 bridgehead atoms. The predicted molar refractivity (Wildman–Crippen MR) is 95.8 cm³/mol. The van der Waals surface area contributed by atoms with Gasteiger partial charge in [0.25, 0.3) is 0 Å². The van der Waals surface area contributed by atoms with Gasteiger partial charge in [0.05, 0.1) is 5.60 Å². The monoisotopic (exact) mass is 344 g/mol. The van der Waals surface area contributed by atoms with Crippen LogP contribution in [-0.2, 0) is 20.9 Å². The Bertz CT molecular complexity index is 594. The summed E-state index contributed by atoms with van der Waals surface area (Å²) in [5.41, 5.74) is 0.991. The van der Waals surface area contributed by atoms with E-state index in [9.17, 15) is 9.59 Å². The molecule has 1 aromatic carbocycles. The van der Waals surface area contributed by atoms with Gasteiger partial charge in [-0.3, -0.25) is 9.59 Å². The third kappa shape index (κ3) is 4.82. The molecule has 2 aliphatic heterocycles. The first-order valence-electron chi connectivity index (χ1n) is 9.26. The molecule has 0 aromatic heterocycles. The first-order chi connectivity index (χ1) is 12.1. The fourth-order valence-electron chi connectivity index (χ4n) is 4.01. The van der Waals surface area contributed by atoms with Gasteiger partial charge in [0.2, 0.25) is 11.8 Å². The highest BCUT2D eigenvalue weighted by molar-refractivity contribution is 5.76. The van der Waals surface area contributed by atoms with Crippen LogP contribution in [0.15, 0.2) is 30.3 Å². The Morgan fingerprint density at radius 3 is 2.64 bits per heavy atom. The second kappa shape index (κ2) is 8.00. The molecule has 2 fully saturated rings. The van der Waals surface area contributed by atoms with E-state index in [1.54, 1.807) is 6.92 Å². The number of hydrogen-bond acceptors (Lipinski definition) is 3. The van der Waals surface area contributed by atoms with E-state index >= 15 is 0 Å². The first kappa shape index (κ1) is 17.9. The molecule has 136 valence electrons. The molecule has 0 radical (unpaired) electrons. The Morgan fingerprint density at radius 1 is 1.24 bits per heavy atom. The minimum absolute atomic E-state index is 0.118. The Hall–Kier alpha value is -1.88. The number of ether oxygens (including phenoxy) is 1. The molecule has 1 N–H and O–H groups in total. The number of carbonyl (C=O) groups excluding carboxylic acids is 2. The molecule has 25 heavy (non-hydrogen) atoms. The van der Waals surface area contributed by atoms with Gasteiger partial charge in [0, 0.05) is 39.6 Å². The summed E-state index contributed by atoms with van der Waals surface area (Å²) in [6.07, 6.45) is 4.20. The van der Waals surface area contributed by atoms with E-state index in [1.807, 2.05) is 35.2 Å². The summed E-state index contributed by atoms with van der Waals surface area (Å²) in [6, 6.07) is 9.98. The Labute approximate surface area is 149 Å². The van der Waals surface area contributed by atoms with Crippen LogP contribution in [0.5, 0.6) is 0 Å². The summed E-state index contributed by atoms with van der Waals surface area (Å²) in [4.78, 5) is 25.7. The highest BCUT2D eigenvalue weighted by Gasteiger charge is 2.41. The van der Waals surface area contributed by atoms with Crippen LogP contribution in [0.4, 0.5) is 0 Å². The molecule has 5 nitrogen and oxygen atoms in total. The van der Waals surface area contributed by atoms with E-state index in [0.29, 0.717) is 18.9 Å². The average Bonchev–Trinajstić information content (AvgIpc) is 2.61. The second-order valence-electron chi connectivity index (χ2n) is 7.36. The van der Waals surface area contributed by atoms with Crippen LogP contribution in [0.3, 0.4) is 0 Å². The summed E-state index contributed by atoms with van der Waals surface area (Å²) < 4.78 is 6.11. The number of carbonyl (C=O) groups is 2. The SMILES string of the molecule is CC(=O)N1CCC2(CC1)CC(CC(=O)NCc1ccccc1)CCO2. The van der Waals surface area contributed by atoms with Crippen molar-refractivity contribution in [2.75, 3.05) is 19.7 Å². The quantitative estimate of drug-likeness (QED) is 0.913. The van der Waals surface area contributed by atoms with Gasteiger partial charge in [-0.25, -0.2) is 0 Å². The van der Waals surface area contributed by atoms with Crippen LogP contribution < -0.4 is 5.32 Å². The molecule has 2 saturated heterocycles. The smallest absolute Gasteiger partial charge is 0.220 e. The van der Waals surface area contributed by atoms with Crippen molar-refractivity contribution in [2.45, 2.75) is 51.2 Å². The zero-order valence-corrected chi connectivity index (χ0v) is 15.0. The van der Waals surface area contributed by atoms with Crippen LogP contribution in [0.2, 0.25) is 0 Å². The maximum Gasteiger partial charge on any atom is 0.220 e. The molecule has 1 aromatic rings. The van der Waals surface area contributed by atoms with Crippen molar-refractivity contribution in [1.29, 1.82) is 0 Å². The van der Waals surface area contributed by atoms with Gasteiger partial charge in [-0.1, -0.05) is 30.3 Å². The minimum Gasteiger partial charge on any atom is -0.375 e. The molecule has 1 unspecified atom stereocenters. The van der Waals surface area contributed by atoms with Gasteiger partial charge in [-0.05, 0) is 37.2 Å². The van der Waals surface area contributed by atoms with E-state index in [1.165, 1.54) is 0 Å².